The van der Waals surface area contributed by atoms with Gasteiger partial charge in [-0.25, -0.2) is 14.8 Å². The van der Waals surface area contributed by atoms with Crippen molar-refractivity contribution in [2.45, 2.75) is 0 Å². The van der Waals surface area contributed by atoms with Gasteiger partial charge in [0.15, 0.2) is 5.69 Å². The number of nitrogens with zero attached hydrogens (tertiary/aromatic N) is 5. The Labute approximate surface area is 287 Å². The Morgan fingerprint density at radius 1 is 0.420 bits per heavy atom. The summed E-state index contributed by atoms with van der Waals surface area (Å²) in [6.45, 7) is 7.48. The second kappa shape index (κ2) is 11.0. The van der Waals surface area contributed by atoms with Gasteiger partial charge < -0.3 is 0 Å². The van der Waals surface area contributed by atoms with Crippen LogP contribution in [0.1, 0.15) is 0 Å². The van der Waals surface area contributed by atoms with E-state index in [1.165, 1.54) is 10.9 Å². The second-order valence-corrected chi connectivity index (χ2v) is 12.6. The van der Waals surface area contributed by atoms with Crippen LogP contribution in [-0.4, -0.2) is 19.9 Å². The minimum absolute atomic E-state index is 0.604. The highest BCUT2D eigenvalue weighted by Gasteiger charge is 2.16. The van der Waals surface area contributed by atoms with Crippen molar-refractivity contribution in [2.24, 2.45) is 0 Å². The third-order valence-corrected chi connectivity index (χ3v) is 9.72. The van der Waals surface area contributed by atoms with Gasteiger partial charge in [0.2, 0.25) is 0 Å². The molecular weight excluding hydrogens is 611 g/mol. The van der Waals surface area contributed by atoms with Crippen molar-refractivity contribution in [2.75, 3.05) is 0 Å². The summed E-state index contributed by atoms with van der Waals surface area (Å²) in [5, 5.41) is 7.50. The maximum absolute atomic E-state index is 7.48. The third-order valence-electron chi connectivity index (χ3n) is 9.72. The molecule has 0 unspecified atom stereocenters. The fourth-order valence-corrected chi connectivity index (χ4v) is 7.31. The van der Waals surface area contributed by atoms with Gasteiger partial charge in [-0.1, -0.05) is 97.1 Å². The molecule has 50 heavy (non-hydrogen) atoms. The minimum Gasteiger partial charge on any atom is -0.254 e. The van der Waals surface area contributed by atoms with E-state index < -0.39 is 0 Å². The van der Waals surface area contributed by atoms with Crippen LogP contribution < -0.4 is 0 Å². The van der Waals surface area contributed by atoms with Gasteiger partial charge in [-0.3, -0.25) is 9.97 Å². The molecule has 4 aromatic heterocycles. The van der Waals surface area contributed by atoms with E-state index in [2.05, 4.69) is 119 Å². The van der Waals surface area contributed by atoms with Gasteiger partial charge in [-0.15, -0.1) is 0 Å². The summed E-state index contributed by atoms with van der Waals surface area (Å²) in [5.41, 5.74) is 11.5. The van der Waals surface area contributed by atoms with Gasteiger partial charge in [-0.05, 0) is 80.9 Å². The van der Waals surface area contributed by atoms with Crippen molar-refractivity contribution in [3.8, 4) is 33.5 Å². The van der Waals surface area contributed by atoms with Crippen molar-refractivity contribution < 1.29 is 0 Å². The topological polar surface area (TPSA) is 55.9 Å². The lowest BCUT2D eigenvalue weighted by Crippen LogP contribution is -1.92. The second-order valence-electron chi connectivity index (χ2n) is 12.6. The van der Waals surface area contributed by atoms with Crippen LogP contribution in [0, 0.1) is 6.57 Å². The lowest BCUT2D eigenvalue weighted by Gasteiger charge is -2.15. The summed E-state index contributed by atoms with van der Waals surface area (Å²) in [7, 11) is 0. The van der Waals surface area contributed by atoms with E-state index in [0.717, 1.165) is 87.8 Å². The van der Waals surface area contributed by atoms with Crippen LogP contribution >= 0.6 is 0 Å². The van der Waals surface area contributed by atoms with Crippen molar-refractivity contribution >= 4 is 71.0 Å². The van der Waals surface area contributed by atoms with Crippen molar-refractivity contribution in [1.82, 2.24) is 19.9 Å². The molecule has 10 rings (SSSR count). The first kappa shape index (κ1) is 28.0. The van der Waals surface area contributed by atoms with E-state index in [1.807, 2.05) is 42.7 Å². The van der Waals surface area contributed by atoms with Crippen LogP contribution in [0.3, 0.4) is 0 Å². The molecule has 0 amide bonds. The molecule has 0 saturated heterocycles. The molecule has 0 aliphatic heterocycles. The molecule has 0 atom stereocenters. The first-order chi connectivity index (χ1) is 24.7. The molecule has 0 saturated carbocycles. The summed E-state index contributed by atoms with van der Waals surface area (Å²) in [5.74, 6) is 0. The molecule has 10 aromatic rings. The zero-order chi connectivity index (χ0) is 33.2. The highest BCUT2D eigenvalue weighted by atomic mass is 14.8. The number of fused-ring (bicyclic) bond motifs is 8. The molecule has 0 fully saturated rings. The summed E-state index contributed by atoms with van der Waals surface area (Å²) in [4.78, 5) is 23.2. The summed E-state index contributed by atoms with van der Waals surface area (Å²) < 4.78 is 0. The van der Waals surface area contributed by atoms with E-state index in [-0.39, 0.29) is 0 Å². The average molecular weight is 636 g/mol. The van der Waals surface area contributed by atoms with Crippen molar-refractivity contribution in [3.05, 3.63) is 163 Å². The smallest absolute Gasteiger partial charge is 0.187 e. The van der Waals surface area contributed by atoms with Crippen LogP contribution in [0.2, 0.25) is 0 Å². The van der Waals surface area contributed by atoms with Crippen LogP contribution in [0.5, 0.6) is 0 Å². The summed E-state index contributed by atoms with van der Waals surface area (Å²) in [6, 6.07) is 48.3. The molecule has 0 bridgehead atoms. The molecule has 5 heteroatoms. The zero-order valence-electron chi connectivity index (χ0n) is 26.7. The largest absolute Gasteiger partial charge is 0.254 e. The maximum atomic E-state index is 7.48. The van der Waals surface area contributed by atoms with Gasteiger partial charge in [0, 0.05) is 39.5 Å². The summed E-state index contributed by atoms with van der Waals surface area (Å²) >= 11 is 0. The van der Waals surface area contributed by atoms with E-state index in [4.69, 9.17) is 21.5 Å². The molecule has 0 spiro atoms. The predicted molar refractivity (Wildman–Crippen MR) is 205 cm³/mol. The Hall–Kier alpha value is -7.03. The fraction of sp³-hybridized carbons (Fsp3) is 0. The number of rotatable bonds is 3. The number of hydrogen-bond donors (Lipinski definition) is 0. The number of benzene rings is 6. The standard InChI is InChI=1S/C45H25N5/c1-46-33-17-21-41-31(25-33)24-32-26-39(38-9-5-23-48-45(38)44(32)50-41)37-19-18-34(35-7-2-3-8-36(35)37)27-10-12-28(13-11-27)40-20-16-30-15-14-29-6-4-22-47-42(29)43(30)49-40/h2-26H. The quantitative estimate of drug-likeness (QED) is 0.110. The zero-order valence-corrected chi connectivity index (χ0v) is 26.7. The van der Waals surface area contributed by atoms with Crippen LogP contribution in [0.4, 0.5) is 5.69 Å². The highest BCUT2D eigenvalue weighted by Crippen LogP contribution is 2.41. The van der Waals surface area contributed by atoms with Crippen molar-refractivity contribution in [1.29, 1.82) is 0 Å². The highest BCUT2D eigenvalue weighted by molar-refractivity contribution is 6.16. The molecule has 230 valence electrons. The molecule has 5 nitrogen and oxygen atoms in total. The Morgan fingerprint density at radius 2 is 1.10 bits per heavy atom. The summed E-state index contributed by atoms with van der Waals surface area (Å²) in [6.07, 6.45) is 3.66. The molecular formula is C45H25N5. The van der Waals surface area contributed by atoms with Crippen LogP contribution in [0.15, 0.2) is 152 Å². The molecule has 4 heterocycles. The Kier molecular flexibility index (Phi) is 6.17. The van der Waals surface area contributed by atoms with Gasteiger partial charge in [0.25, 0.3) is 0 Å². The number of pyridine rings is 4. The normalized spacial score (nSPS) is 11.6. The number of hydrogen-bond acceptors (Lipinski definition) is 4. The van der Waals surface area contributed by atoms with E-state index >= 15 is 0 Å². The van der Waals surface area contributed by atoms with E-state index in [1.54, 1.807) is 0 Å². The Morgan fingerprint density at radius 3 is 1.94 bits per heavy atom. The minimum atomic E-state index is 0.604. The van der Waals surface area contributed by atoms with Gasteiger partial charge in [0.05, 0.1) is 39.8 Å². The van der Waals surface area contributed by atoms with Crippen molar-refractivity contribution in [3.63, 3.8) is 0 Å². The third kappa shape index (κ3) is 4.40. The first-order valence-electron chi connectivity index (χ1n) is 16.5. The first-order valence-corrected chi connectivity index (χ1v) is 16.5. The fourth-order valence-electron chi connectivity index (χ4n) is 7.31. The van der Waals surface area contributed by atoms with Crippen LogP contribution in [0.25, 0.3) is 104 Å². The van der Waals surface area contributed by atoms with Crippen LogP contribution in [-0.2, 0) is 0 Å². The molecule has 0 aliphatic rings. The monoisotopic (exact) mass is 635 g/mol. The van der Waals surface area contributed by atoms with E-state index in [9.17, 15) is 0 Å². The lowest BCUT2D eigenvalue weighted by atomic mass is 9.89. The Balaban J connectivity index is 1.10. The number of aromatic nitrogens is 4. The predicted octanol–water partition coefficient (Wildman–Crippen LogP) is 11.7. The van der Waals surface area contributed by atoms with Gasteiger partial charge >= 0.3 is 0 Å². The van der Waals surface area contributed by atoms with E-state index in [0.29, 0.717) is 5.69 Å². The van der Waals surface area contributed by atoms with Gasteiger partial charge in [0.1, 0.15) is 0 Å². The molecule has 6 aromatic carbocycles. The maximum Gasteiger partial charge on any atom is 0.187 e. The molecule has 0 aliphatic carbocycles. The molecule has 0 radical (unpaired) electrons. The van der Waals surface area contributed by atoms with Gasteiger partial charge in [-0.2, -0.15) is 0 Å². The lowest BCUT2D eigenvalue weighted by molar-refractivity contribution is 1.37. The average Bonchev–Trinajstić information content (AvgIpc) is 3.19. The Bertz CT molecular complexity index is 3050. The SMILES string of the molecule is [C-]#[N+]c1ccc2nc3c(cc(-c4ccc(-c5ccc(-c6ccc7ccc8cccnc8c7n6)cc5)c5ccccc45)c4cccnc43)cc2c1. The molecule has 0 N–H and O–H groups in total.